The van der Waals surface area contributed by atoms with Crippen LogP contribution in [0.1, 0.15) is 33.6 Å². The SMILES string of the molecule is CC1CC2CC3OC(C)(C)OC3C2OC1=O. The van der Waals surface area contributed by atoms with Crippen LogP contribution in [0, 0.1) is 11.8 Å². The lowest BCUT2D eigenvalue weighted by Gasteiger charge is -2.32. The van der Waals surface area contributed by atoms with E-state index in [0.29, 0.717) is 5.92 Å². The van der Waals surface area contributed by atoms with Gasteiger partial charge in [0.2, 0.25) is 0 Å². The van der Waals surface area contributed by atoms with Crippen molar-refractivity contribution in [2.24, 2.45) is 11.8 Å². The summed E-state index contributed by atoms with van der Waals surface area (Å²) in [5.41, 5.74) is 0. The van der Waals surface area contributed by atoms with E-state index < -0.39 is 5.79 Å². The highest BCUT2D eigenvalue weighted by atomic mass is 16.8. The molecule has 0 amide bonds. The topological polar surface area (TPSA) is 44.8 Å². The zero-order valence-corrected chi connectivity index (χ0v) is 9.93. The summed E-state index contributed by atoms with van der Waals surface area (Å²) >= 11 is 0. The van der Waals surface area contributed by atoms with Crippen LogP contribution in [0.3, 0.4) is 0 Å². The highest BCUT2D eigenvalue weighted by molar-refractivity contribution is 5.73. The van der Waals surface area contributed by atoms with Gasteiger partial charge in [0.15, 0.2) is 5.79 Å². The van der Waals surface area contributed by atoms with Gasteiger partial charge in [0, 0.05) is 5.92 Å². The molecule has 0 radical (unpaired) electrons. The second kappa shape index (κ2) is 3.20. The molecule has 0 aromatic heterocycles. The van der Waals surface area contributed by atoms with Gasteiger partial charge < -0.3 is 14.2 Å². The Balaban J connectivity index is 1.79. The highest BCUT2D eigenvalue weighted by Crippen LogP contribution is 2.46. The summed E-state index contributed by atoms with van der Waals surface area (Å²) in [5, 5.41) is 0. The molecule has 0 N–H and O–H groups in total. The van der Waals surface area contributed by atoms with Crippen LogP contribution in [-0.4, -0.2) is 30.1 Å². The Bertz CT molecular complexity index is 325. The van der Waals surface area contributed by atoms with Crippen molar-refractivity contribution in [2.45, 2.75) is 57.7 Å². The highest BCUT2D eigenvalue weighted by Gasteiger charge is 2.56. The van der Waals surface area contributed by atoms with Crippen LogP contribution in [0.4, 0.5) is 0 Å². The third-order valence-corrected chi connectivity index (χ3v) is 3.86. The molecule has 3 aliphatic rings. The molecule has 3 fully saturated rings. The van der Waals surface area contributed by atoms with Crippen molar-refractivity contribution in [3.05, 3.63) is 0 Å². The maximum absolute atomic E-state index is 11.6. The van der Waals surface area contributed by atoms with Crippen LogP contribution >= 0.6 is 0 Å². The van der Waals surface area contributed by atoms with E-state index in [1.807, 2.05) is 20.8 Å². The molecular weight excluding hydrogens is 208 g/mol. The van der Waals surface area contributed by atoms with Crippen molar-refractivity contribution in [3.8, 4) is 0 Å². The number of esters is 1. The minimum atomic E-state index is -0.532. The van der Waals surface area contributed by atoms with Gasteiger partial charge in [-0.15, -0.1) is 0 Å². The van der Waals surface area contributed by atoms with Crippen LogP contribution in [0.5, 0.6) is 0 Å². The first kappa shape index (κ1) is 10.5. The quantitative estimate of drug-likeness (QED) is 0.587. The number of ether oxygens (including phenoxy) is 3. The zero-order valence-electron chi connectivity index (χ0n) is 9.93. The minimum absolute atomic E-state index is 0.0214. The second-order valence-electron chi connectivity index (χ2n) is 5.67. The summed E-state index contributed by atoms with van der Waals surface area (Å²) in [6.45, 7) is 5.75. The fourth-order valence-electron chi connectivity index (χ4n) is 3.22. The van der Waals surface area contributed by atoms with Crippen molar-refractivity contribution in [2.75, 3.05) is 0 Å². The van der Waals surface area contributed by atoms with Crippen LogP contribution in [0.15, 0.2) is 0 Å². The summed E-state index contributed by atoms with van der Waals surface area (Å²) in [5.74, 6) is -0.183. The van der Waals surface area contributed by atoms with Crippen molar-refractivity contribution in [3.63, 3.8) is 0 Å². The zero-order chi connectivity index (χ0) is 11.5. The summed E-state index contributed by atoms with van der Waals surface area (Å²) < 4.78 is 17.1. The van der Waals surface area contributed by atoms with E-state index in [2.05, 4.69) is 0 Å². The maximum Gasteiger partial charge on any atom is 0.309 e. The lowest BCUT2D eigenvalue weighted by molar-refractivity contribution is -0.191. The van der Waals surface area contributed by atoms with Gasteiger partial charge in [0.1, 0.15) is 12.2 Å². The van der Waals surface area contributed by atoms with Gasteiger partial charge in [-0.05, 0) is 26.7 Å². The summed E-state index contributed by atoms with van der Waals surface area (Å²) in [7, 11) is 0. The van der Waals surface area contributed by atoms with Crippen LogP contribution in [0.25, 0.3) is 0 Å². The molecule has 0 spiro atoms. The molecule has 4 nitrogen and oxygen atoms in total. The lowest BCUT2D eigenvalue weighted by atomic mass is 9.90. The molecule has 0 aromatic rings. The average Bonchev–Trinajstić information content (AvgIpc) is 2.60. The van der Waals surface area contributed by atoms with Crippen LogP contribution in [-0.2, 0) is 19.0 Å². The number of carbonyl (C=O) groups excluding carboxylic acids is 1. The Labute approximate surface area is 95.2 Å². The molecule has 5 unspecified atom stereocenters. The van der Waals surface area contributed by atoms with Gasteiger partial charge in [0.25, 0.3) is 0 Å². The molecule has 2 aliphatic heterocycles. The van der Waals surface area contributed by atoms with Gasteiger partial charge >= 0.3 is 5.97 Å². The molecule has 1 saturated carbocycles. The Hall–Kier alpha value is -0.610. The van der Waals surface area contributed by atoms with Crippen molar-refractivity contribution in [1.82, 2.24) is 0 Å². The molecule has 0 bridgehead atoms. The standard InChI is InChI=1S/C12H18O4/c1-6-4-7-5-8-10(9(7)14-11(6)13)16-12(2,3)15-8/h6-10H,4-5H2,1-3H3. The van der Waals surface area contributed by atoms with E-state index in [4.69, 9.17) is 14.2 Å². The van der Waals surface area contributed by atoms with Gasteiger partial charge in [-0.2, -0.15) is 0 Å². The molecule has 0 aromatic carbocycles. The van der Waals surface area contributed by atoms with E-state index in [-0.39, 0.29) is 30.2 Å². The number of hydrogen-bond donors (Lipinski definition) is 0. The van der Waals surface area contributed by atoms with Crippen LogP contribution in [0.2, 0.25) is 0 Å². The summed E-state index contributed by atoms with van der Waals surface area (Å²) in [4.78, 5) is 11.6. The Morgan fingerprint density at radius 1 is 1.19 bits per heavy atom. The van der Waals surface area contributed by atoms with Crippen molar-refractivity contribution in [1.29, 1.82) is 0 Å². The molecule has 2 heterocycles. The fourth-order valence-corrected chi connectivity index (χ4v) is 3.22. The predicted octanol–water partition coefficient (Wildman–Crippen LogP) is 1.48. The van der Waals surface area contributed by atoms with Gasteiger partial charge in [-0.3, -0.25) is 4.79 Å². The largest absolute Gasteiger partial charge is 0.459 e. The maximum atomic E-state index is 11.6. The number of rotatable bonds is 0. The normalized spacial score (nSPS) is 49.7. The van der Waals surface area contributed by atoms with E-state index in [0.717, 1.165) is 12.8 Å². The molecule has 16 heavy (non-hydrogen) atoms. The molecular formula is C12H18O4. The molecule has 90 valence electrons. The number of carbonyl (C=O) groups is 1. The van der Waals surface area contributed by atoms with Crippen molar-refractivity contribution >= 4 is 5.97 Å². The molecule has 3 rings (SSSR count). The smallest absolute Gasteiger partial charge is 0.309 e. The Morgan fingerprint density at radius 2 is 1.94 bits per heavy atom. The lowest BCUT2D eigenvalue weighted by Crippen LogP contribution is -2.41. The number of fused-ring (bicyclic) bond motifs is 3. The average molecular weight is 226 g/mol. The summed E-state index contributed by atoms with van der Waals surface area (Å²) in [6, 6.07) is 0. The van der Waals surface area contributed by atoms with E-state index in [1.54, 1.807) is 0 Å². The summed E-state index contributed by atoms with van der Waals surface area (Å²) in [6.07, 6.45) is 1.81. The molecule has 1 aliphatic carbocycles. The van der Waals surface area contributed by atoms with Gasteiger partial charge in [0.05, 0.1) is 12.0 Å². The van der Waals surface area contributed by atoms with E-state index >= 15 is 0 Å². The Kier molecular flexibility index (Phi) is 2.11. The monoisotopic (exact) mass is 226 g/mol. The minimum Gasteiger partial charge on any atom is -0.459 e. The number of hydrogen-bond acceptors (Lipinski definition) is 4. The van der Waals surface area contributed by atoms with Gasteiger partial charge in [-0.1, -0.05) is 6.92 Å². The first-order valence-corrected chi connectivity index (χ1v) is 6.02. The van der Waals surface area contributed by atoms with Crippen LogP contribution < -0.4 is 0 Å². The third kappa shape index (κ3) is 1.47. The Morgan fingerprint density at radius 3 is 2.69 bits per heavy atom. The molecule has 5 atom stereocenters. The first-order chi connectivity index (χ1) is 7.46. The predicted molar refractivity (Wildman–Crippen MR) is 55.6 cm³/mol. The second-order valence-corrected chi connectivity index (χ2v) is 5.67. The molecule has 2 saturated heterocycles. The van der Waals surface area contributed by atoms with Gasteiger partial charge in [-0.25, -0.2) is 0 Å². The third-order valence-electron chi connectivity index (χ3n) is 3.86. The first-order valence-electron chi connectivity index (χ1n) is 6.02. The fraction of sp³-hybridized carbons (Fsp3) is 0.917. The van der Waals surface area contributed by atoms with E-state index in [1.165, 1.54) is 0 Å². The molecule has 4 heteroatoms. The van der Waals surface area contributed by atoms with Crippen molar-refractivity contribution < 1.29 is 19.0 Å². The van der Waals surface area contributed by atoms with E-state index in [9.17, 15) is 4.79 Å².